The minimum atomic E-state index is -0.394. The molecule has 0 unspecified atom stereocenters. The summed E-state index contributed by atoms with van der Waals surface area (Å²) >= 11 is 0. The largest absolute Gasteiger partial charge is 0.346 e. The Labute approximate surface area is 209 Å². The van der Waals surface area contributed by atoms with Crippen molar-refractivity contribution >= 4 is 11.6 Å². The van der Waals surface area contributed by atoms with E-state index in [0.717, 1.165) is 28.3 Å². The summed E-state index contributed by atoms with van der Waals surface area (Å²) in [6.07, 6.45) is 6.79. The molecule has 1 N–H and O–H groups in total. The lowest BCUT2D eigenvalue weighted by atomic mass is 10.0. The number of nitrogens with zero attached hydrogens (tertiary/aromatic N) is 4. The summed E-state index contributed by atoms with van der Waals surface area (Å²) in [7, 11) is 0. The first-order valence-corrected chi connectivity index (χ1v) is 12.0. The summed E-state index contributed by atoms with van der Waals surface area (Å²) in [6, 6.07) is 23.1. The molecule has 7 nitrogen and oxygen atoms in total. The molecule has 180 valence electrons. The van der Waals surface area contributed by atoms with Crippen LogP contribution in [0.3, 0.4) is 0 Å². The third-order valence-corrected chi connectivity index (χ3v) is 6.24. The van der Waals surface area contributed by atoms with Crippen molar-refractivity contribution in [3.8, 4) is 0 Å². The lowest BCUT2D eigenvalue weighted by molar-refractivity contribution is 0.0947. The van der Waals surface area contributed by atoms with Crippen molar-refractivity contribution in [3.05, 3.63) is 136 Å². The minimum Gasteiger partial charge on any atom is -0.346 e. The average molecular weight is 478 g/mol. The molecule has 36 heavy (non-hydrogen) atoms. The molecule has 0 aliphatic heterocycles. The Morgan fingerprint density at radius 1 is 0.944 bits per heavy atom. The van der Waals surface area contributed by atoms with Crippen molar-refractivity contribution in [2.45, 2.75) is 32.9 Å². The zero-order chi connectivity index (χ0) is 24.9. The van der Waals surface area contributed by atoms with Gasteiger partial charge in [-0.2, -0.15) is 0 Å². The number of imidazole rings is 1. The van der Waals surface area contributed by atoms with Crippen LogP contribution in [0.25, 0.3) is 5.65 Å². The number of carbonyl (C=O) groups is 1. The third kappa shape index (κ3) is 5.10. The van der Waals surface area contributed by atoms with Gasteiger partial charge in [-0.25, -0.2) is 4.98 Å². The lowest BCUT2D eigenvalue weighted by Gasteiger charge is -2.20. The Morgan fingerprint density at radius 3 is 2.53 bits per heavy atom. The highest BCUT2D eigenvalue weighted by molar-refractivity contribution is 5.95. The quantitative estimate of drug-likeness (QED) is 0.367. The molecule has 0 saturated heterocycles. The first kappa shape index (κ1) is 23.2. The predicted octanol–water partition coefficient (Wildman–Crippen LogP) is 3.96. The molecule has 0 bridgehead atoms. The fourth-order valence-electron chi connectivity index (χ4n) is 4.45. The van der Waals surface area contributed by atoms with Gasteiger partial charge in [0.2, 0.25) is 0 Å². The van der Waals surface area contributed by atoms with E-state index in [1.807, 2.05) is 82.9 Å². The van der Waals surface area contributed by atoms with E-state index in [9.17, 15) is 9.59 Å². The number of rotatable bonds is 8. The number of carbonyl (C=O) groups excluding carboxylic acids is 1. The van der Waals surface area contributed by atoms with Gasteiger partial charge in [0.05, 0.1) is 24.5 Å². The molecule has 0 atom stereocenters. The van der Waals surface area contributed by atoms with Crippen LogP contribution in [0.1, 0.15) is 38.7 Å². The van der Waals surface area contributed by atoms with Crippen molar-refractivity contribution in [1.29, 1.82) is 0 Å². The van der Waals surface area contributed by atoms with Gasteiger partial charge in [-0.1, -0.05) is 42.5 Å². The first-order valence-electron chi connectivity index (χ1n) is 12.0. The molecule has 1 amide bonds. The predicted molar refractivity (Wildman–Crippen MR) is 139 cm³/mol. The second-order valence-corrected chi connectivity index (χ2v) is 8.75. The molecule has 1 aromatic carbocycles. The van der Waals surface area contributed by atoms with Crippen molar-refractivity contribution in [1.82, 2.24) is 24.3 Å². The number of benzene rings is 1. The molecule has 7 heteroatoms. The number of amides is 1. The zero-order valence-electron chi connectivity index (χ0n) is 20.1. The number of aromatic nitrogens is 4. The summed E-state index contributed by atoms with van der Waals surface area (Å²) in [6.45, 7) is 2.60. The molecule has 0 radical (unpaired) electrons. The maximum atomic E-state index is 13.4. The Balaban J connectivity index is 1.48. The molecule has 0 aliphatic rings. The Kier molecular flexibility index (Phi) is 6.71. The van der Waals surface area contributed by atoms with Crippen LogP contribution in [0.4, 0.5) is 0 Å². The van der Waals surface area contributed by atoms with Gasteiger partial charge < -0.3 is 14.3 Å². The second-order valence-electron chi connectivity index (χ2n) is 8.75. The van der Waals surface area contributed by atoms with E-state index in [2.05, 4.69) is 27.4 Å². The fourth-order valence-corrected chi connectivity index (χ4v) is 4.45. The third-order valence-electron chi connectivity index (χ3n) is 6.24. The number of pyridine rings is 3. The summed E-state index contributed by atoms with van der Waals surface area (Å²) in [5.74, 6) is -0.394. The van der Waals surface area contributed by atoms with E-state index in [0.29, 0.717) is 25.1 Å². The average Bonchev–Trinajstić information content (AvgIpc) is 3.32. The smallest absolute Gasteiger partial charge is 0.257 e. The van der Waals surface area contributed by atoms with Crippen LogP contribution in [-0.2, 0) is 25.9 Å². The topological polar surface area (TPSA) is 81.3 Å². The number of hydrogen-bond acceptors (Lipinski definition) is 4. The van der Waals surface area contributed by atoms with Crippen molar-refractivity contribution in [3.63, 3.8) is 0 Å². The maximum Gasteiger partial charge on any atom is 0.257 e. The van der Waals surface area contributed by atoms with Crippen molar-refractivity contribution in [2.24, 2.45) is 0 Å². The van der Waals surface area contributed by atoms with E-state index in [1.54, 1.807) is 6.20 Å². The lowest BCUT2D eigenvalue weighted by Crippen LogP contribution is -2.33. The van der Waals surface area contributed by atoms with Gasteiger partial charge in [-0.3, -0.25) is 14.6 Å². The molecular formula is C29H27N5O2. The second kappa shape index (κ2) is 10.4. The SMILES string of the molecule is Cc1cc(=O)c(C(=O)NCc2cn3ccccc3n2)c(CCc2ccccc2)n1Cc1ccccn1. The van der Waals surface area contributed by atoms with Crippen LogP contribution >= 0.6 is 0 Å². The molecule has 5 rings (SSSR count). The van der Waals surface area contributed by atoms with Gasteiger partial charge in [-0.05, 0) is 49.6 Å². The number of aryl methyl sites for hydroxylation is 2. The van der Waals surface area contributed by atoms with Gasteiger partial charge in [0.15, 0.2) is 5.43 Å². The molecular weight excluding hydrogens is 450 g/mol. The number of hydrogen-bond donors (Lipinski definition) is 1. The monoisotopic (exact) mass is 477 g/mol. The molecule has 0 saturated carbocycles. The Bertz CT molecular complexity index is 1520. The highest BCUT2D eigenvalue weighted by Gasteiger charge is 2.21. The van der Waals surface area contributed by atoms with Gasteiger partial charge in [0.1, 0.15) is 11.2 Å². The summed E-state index contributed by atoms with van der Waals surface area (Å²) in [5.41, 5.74) is 4.94. The maximum absolute atomic E-state index is 13.4. The number of fused-ring (bicyclic) bond motifs is 1. The van der Waals surface area contributed by atoms with Gasteiger partial charge in [-0.15, -0.1) is 0 Å². The standard InChI is InChI=1S/C29H27N5O2/c1-21-17-26(35)28(29(36)31-18-24-19-33-16-8-6-12-27(33)32-24)25(14-13-22-9-3-2-4-10-22)34(21)20-23-11-5-7-15-30-23/h2-12,15-17,19H,13-14,18,20H2,1H3,(H,31,36). The molecule has 4 heterocycles. The van der Waals surface area contributed by atoms with Crippen molar-refractivity contribution < 1.29 is 4.79 Å². The van der Waals surface area contributed by atoms with Crippen molar-refractivity contribution in [2.75, 3.05) is 0 Å². The van der Waals surface area contributed by atoms with E-state index >= 15 is 0 Å². The van der Waals surface area contributed by atoms with Crippen LogP contribution in [0.5, 0.6) is 0 Å². The van der Waals surface area contributed by atoms with Crippen LogP contribution in [-0.4, -0.2) is 24.8 Å². The van der Waals surface area contributed by atoms with E-state index in [1.165, 1.54) is 6.07 Å². The summed E-state index contributed by atoms with van der Waals surface area (Å²) in [4.78, 5) is 35.6. The minimum absolute atomic E-state index is 0.177. The molecule has 5 aromatic rings. The molecule has 0 aliphatic carbocycles. The summed E-state index contributed by atoms with van der Waals surface area (Å²) < 4.78 is 3.94. The Hall–Kier alpha value is -4.52. The van der Waals surface area contributed by atoms with Gasteiger partial charge in [0.25, 0.3) is 5.91 Å². The van der Waals surface area contributed by atoms with Crippen LogP contribution in [0.15, 0.2) is 96.2 Å². The fraction of sp³-hybridized carbons (Fsp3) is 0.172. The summed E-state index contributed by atoms with van der Waals surface area (Å²) in [5, 5.41) is 2.92. The van der Waals surface area contributed by atoms with Gasteiger partial charge in [0, 0.05) is 36.0 Å². The van der Waals surface area contributed by atoms with Gasteiger partial charge >= 0.3 is 0 Å². The zero-order valence-corrected chi connectivity index (χ0v) is 20.1. The highest BCUT2D eigenvalue weighted by Crippen LogP contribution is 2.16. The first-order chi connectivity index (χ1) is 17.6. The number of nitrogens with one attached hydrogen (secondary N) is 1. The molecule has 0 spiro atoms. The van der Waals surface area contributed by atoms with Crippen LogP contribution in [0.2, 0.25) is 0 Å². The van der Waals surface area contributed by atoms with Crippen LogP contribution in [0, 0.1) is 6.92 Å². The van der Waals surface area contributed by atoms with E-state index < -0.39 is 5.91 Å². The Morgan fingerprint density at radius 2 is 1.75 bits per heavy atom. The normalized spacial score (nSPS) is 11.0. The molecule has 4 aromatic heterocycles. The van der Waals surface area contributed by atoms with E-state index in [4.69, 9.17) is 0 Å². The van der Waals surface area contributed by atoms with E-state index in [-0.39, 0.29) is 17.5 Å². The molecule has 0 fully saturated rings. The van der Waals surface area contributed by atoms with Crippen LogP contribution < -0.4 is 10.7 Å². The highest BCUT2D eigenvalue weighted by atomic mass is 16.2.